The van der Waals surface area contributed by atoms with E-state index in [2.05, 4.69) is 10.2 Å². The number of hydrogen-bond donors (Lipinski definition) is 1. The summed E-state index contributed by atoms with van der Waals surface area (Å²) in [5.74, 6) is 0.999. The Kier molecular flexibility index (Phi) is 6.80. The fourth-order valence-electron chi connectivity index (χ4n) is 3.32. The van der Waals surface area contributed by atoms with Gasteiger partial charge in [-0.05, 0) is 18.8 Å². The zero-order valence-corrected chi connectivity index (χ0v) is 13.1. The molecule has 0 unspecified atom stereocenters. The summed E-state index contributed by atoms with van der Waals surface area (Å²) in [5.41, 5.74) is 0. The van der Waals surface area contributed by atoms with Gasteiger partial charge in [-0.25, -0.2) is 0 Å². The minimum absolute atomic E-state index is 0.354. The molecular formula is C16H31N3O. The summed E-state index contributed by atoms with van der Waals surface area (Å²) in [6, 6.07) is 0. The van der Waals surface area contributed by atoms with E-state index in [0.717, 1.165) is 45.7 Å². The van der Waals surface area contributed by atoms with Crippen molar-refractivity contribution >= 4 is 5.91 Å². The van der Waals surface area contributed by atoms with E-state index in [1.165, 1.54) is 38.5 Å². The number of hydrogen-bond acceptors (Lipinski definition) is 3. The fraction of sp³-hybridized carbons (Fsp3) is 0.938. The first-order chi connectivity index (χ1) is 9.75. The van der Waals surface area contributed by atoms with Crippen molar-refractivity contribution in [3.8, 4) is 0 Å². The van der Waals surface area contributed by atoms with E-state index in [1.807, 2.05) is 11.9 Å². The van der Waals surface area contributed by atoms with E-state index in [9.17, 15) is 4.79 Å². The molecule has 2 fully saturated rings. The smallest absolute Gasteiger partial charge is 0.222 e. The van der Waals surface area contributed by atoms with Gasteiger partial charge in [0.25, 0.3) is 0 Å². The summed E-state index contributed by atoms with van der Waals surface area (Å²) >= 11 is 0. The van der Waals surface area contributed by atoms with Gasteiger partial charge < -0.3 is 10.2 Å². The molecule has 1 heterocycles. The van der Waals surface area contributed by atoms with Crippen LogP contribution < -0.4 is 5.32 Å². The van der Waals surface area contributed by atoms with Crippen molar-refractivity contribution in [1.82, 2.24) is 15.1 Å². The summed E-state index contributed by atoms with van der Waals surface area (Å²) in [6.45, 7) is 6.30. The predicted molar refractivity (Wildman–Crippen MR) is 82.8 cm³/mol. The quantitative estimate of drug-likeness (QED) is 0.779. The van der Waals surface area contributed by atoms with Crippen LogP contribution >= 0.6 is 0 Å². The first-order valence-electron chi connectivity index (χ1n) is 8.43. The van der Waals surface area contributed by atoms with Crippen LogP contribution in [0.2, 0.25) is 0 Å². The van der Waals surface area contributed by atoms with Crippen LogP contribution in [0.5, 0.6) is 0 Å². The highest BCUT2D eigenvalue weighted by Crippen LogP contribution is 2.25. The number of carbonyl (C=O) groups excluding carboxylic acids is 1. The largest absolute Gasteiger partial charge is 0.344 e. The van der Waals surface area contributed by atoms with Crippen molar-refractivity contribution in [3.63, 3.8) is 0 Å². The third-order valence-corrected chi connectivity index (χ3v) is 4.83. The highest BCUT2D eigenvalue weighted by atomic mass is 16.2. The molecule has 0 spiro atoms. The van der Waals surface area contributed by atoms with Gasteiger partial charge in [0.2, 0.25) is 5.91 Å². The average Bonchev–Trinajstić information content (AvgIpc) is 2.74. The highest BCUT2D eigenvalue weighted by molar-refractivity contribution is 5.76. The van der Waals surface area contributed by atoms with Gasteiger partial charge in [0.1, 0.15) is 0 Å². The molecule has 1 aliphatic heterocycles. The molecule has 116 valence electrons. The third kappa shape index (κ3) is 5.41. The van der Waals surface area contributed by atoms with E-state index in [1.54, 1.807) is 0 Å². The molecule has 1 N–H and O–H groups in total. The average molecular weight is 281 g/mol. The Morgan fingerprint density at radius 3 is 2.45 bits per heavy atom. The SMILES string of the molecule is CN(CCN1CCNCC1)C(=O)CC1CCCCCC1. The topological polar surface area (TPSA) is 35.6 Å². The minimum Gasteiger partial charge on any atom is -0.344 e. The second kappa shape index (κ2) is 8.63. The summed E-state index contributed by atoms with van der Waals surface area (Å²) in [4.78, 5) is 16.7. The molecule has 2 rings (SSSR count). The summed E-state index contributed by atoms with van der Waals surface area (Å²) < 4.78 is 0. The lowest BCUT2D eigenvalue weighted by Gasteiger charge is -2.29. The van der Waals surface area contributed by atoms with Crippen LogP contribution in [0.4, 0.5) is 0 Å². The molecule has 0 aromatic carbocycles. The number of rotatable bonds is 5. The van der Waals surface area contributed by atoms with Crippen LogP contribution in [-0.2, 0) is 4.79 Å². The Labute approximate surface area is 123 Å². The molecule has 0 atom stereocenters. The lowest BCUT2D eigenvalue weighted by Crippen LogP contribution is -2.46. The van der Waals surface area contributed by atoms with E-state index in [4.69, 9.17) is 0 Å². The number of likely N-dealkylation sites (N-methyl/N-ethyl adjacent to an activating group) is 1. The first kappa shape index (κ1) is 15.8. The third-order valence-electron chi connectivity index (χ3n) is 4.83. The maximum absolute atomic E-state index is 12.3. The fourth-order valence-corrected chi connectivity index (χ4v) is 3.32. The second-order valence-electron chi connectivity index (χ2n) is 6.47. The van der Waals surface area contributed by atoms with Crippen molar-refractivity contribution in [1.29, 1.82) is 0 Å². The molecule has 1 aliphatic carbocycles. The molecule has 20 heavy (non-hydrogen) atoms. The molecule has 0 bridgehead atoms. The van der Waals surface area contributed by atoms with Crippen LogP contribution in [0.25, 0.3) is 0 Å². The Bertz CT molecular complexity index is 281. The van der Waals surface area contributed by atoms with Gasteiger partial charge in [0, 0.05) is 52.7 Å². The van der Waals surface area contributed by atoms with E-state index in [-0.39, 0.29) is 0 Å². The van der Waals surface area contributed by atoms with Crippen molar-refractivity contribution in [3.05, 3.63) is 0 Å². The van der Waals surface area contributed by atoms with Gasteiger partial charge in [-0.15, -0.1) is 0 Å². The maximum atomic E-state index is 12.3. The van der Waals surface area contributed by atoms with Gasteiger partial charge in [0.05, 0.1) is 0 Å². The van der Waals surface area contributed by atoms with Crippen molar-refractivity contribution in [2.24, 2.45) is 5.92 Å². The Morgan fingerprint density at radius 2 is 1.80 bits per heavy atom. The number of nitrogens with zero attached hydrogens (tertiary/aromatic N) is 2. The van der Waals surface area contributed by atoms with Gasteiger partial charge in [-0.2, -0.15) is 0 Å². The Hall–Kier alpha value is -0.610. The molecule has 0 aromatic heterocycles. The Balaban J connectivity index is 1.65. The molecule has 1 saturated heterocycles. The number of piperazine rings is 1. The molecular weight excluding hydrogens is 250 g/mol. The maximum Gasteiger partial charge on any atom is 0.222 e. The number of nitrogens with one attached hydrogen (secondary N) is 1. The molecule has 4 heteroatoms. The standard InChI is InChI=1S/C16H31N3O/c1-18(12-13-19-10-8-17-9-11-19)16(20)14-15-6-4-2-3-5-7-15/h15,17H,2-14H2,1H3. The molecule has 0 radical (unpaired) electrons. The zero-order chi connectivity index (χ0) is 14.2. The van der Waals surface area contributed by atoms with Gasteiger partial charge in [-0.3, -0.25) is 9.69 Å². The first-order valence-corrected chi connectivity index (χ1v) is 8.43. The lowest BCUT2D eigenvalue weighted by molar-refractivity contribution is -0.131. The van der Waals surface area contributed by atoms with Crippen LogP contribution in [0, 0.1) is 5.92 Å². The number of amides is 1. The second-order valence-corrected chi connectivity index (χ2v) is 6.47. The molecule has 1 saturated carbocycles. The van der Waals surface area contributed by atoms with E-state index < -0.39 is 0 Å². The van der Waals surface area contributed by atoms with Gasteiger partial charge >= 0.3 is 0 Å². The van der Waals surface area contributed by atoms with Crippen LogP contribution in [-0.4, -0.2) is 62.0 Å². The molecule has 2 aliphatic rings. The molecule has 0 aromatic rings. The van der Waals surface area contributed by atoms with Crippen LogP contribution in [0.3, 0.4) is 0 Å². The highest BCUT2D eigenvalue weighted by Gasteiger charge is 2.19. The zero-order valence-electron chi connectivity index (χ0n) is 13.1. The summed E-state index contributed by atoms with van der Waals surface area (Å²) in [7, 11) is 1.97. The lowest BCUT2D eigenvalue weighted by atomic mass is 9.96. The van der Waals surface area contributed by atoms with Crippen molar-refractivity contribution < 1.29 is 4.79 Å². The van der Waals surface area contributed by atoms with Crippen molar-refractivity contribution in [2.45, 2.75) is 44.9 Å². The van der Waals surface area contributed by atoms with Gasteiger partial charge in [0.15, 0.2) is 0 Å². The normalized spacial score (nSPS) is 22.4. The molecule has 1 amide bonds. The van der Waals surface area contributed by atoms with Crippen molar-refractivity contribution in [2.75, 3.05) is 46.3 Å². The van der Waals surface area contributed by atoms with E-state index >= 15 is 0 Å². The Morgan fingerprint density at radius 1 is 1.15 bits per heavy atom. The van der Waals surface area contributed by atoms with Crippen LogP contribution in [0.1, 0.15) is 44.9 Å². The van der Waals surface area contributed by atoms with E-state index in [0.29, 0.717) is 11.8 Å². The molecule has 4 nitrogen and oxygen atoms in total. The summed E-state index contributed by atoms with van der Waals surface area (Å²) in [6.07, 6.45) is 8.67. The van der Waals surface area contributed by atoms with Gasteiger partial charge in [-0.1, -0.05) is 25.7 Å². The number of carbonyl (C=O) groups is 1. The predicted octanol–water partition coefficient (Wildman–Crippen LogP) is 1.71. The van der Waals surface area contributed by atoms with Crippen LogP contribution in [0.15, 0.2) is 0 Å². The minimum atomic E-state index is 0.354. The summed E-state index contributed by atoms with van der Waals surface area (Å²) in [5, 5.41) is 3.36. The monoisotopic (exact) mass is 281 g/mol.